The van der Waals surface area contributed by atoms with Crippen LogP contribution < -0.4 is 0 Å². The van der Waals surface area contributed by atoms with E-state index in [1.807, 2.05) is 31.2 Å². The molecular formula is C18H15NO5S. The van der Waals surface area contributed by atoms with Crippen LogP contribution in [-0.4, -0.2) is 29.1 Å². The number of methoxy groups -OCH3 is 1. The van der Waals surface area contributed by atoms with Crippen LogP contribution in [0.15, 0.2) is 45.7 Å². The van der Waals surface area contributed by atoms with Gasteiger partial charge in [0.2, 0.25) is 5.76 Å². The molecule has 2 heterocycles. The summed E-state index contributed by atoms with van der Waals surface area (Å²) in [5, 5.41) is -0.375. The first-order chi connectivity index (χ1) is 12.0. The maximum Gasteiger partial charge on any atom is 0.373 e. The summed E-state index contributed by atoms with van der Waals surface area (Å²) in [5.41, 5.74) is 1.93. The first-order valence-corrected chi connectivity index (χ1v) is 8.28. The van der Waals surface area contributed by atoms with Gasteiger partial charge in [0.15, 0.2) is 0 Å². The molecule has 2 amide bonds. The van der Waals surface area contributed by atoms with Crippen molar-refractivity contribution in [2.24, 2.45) is 0 Å². The van der Waals surface area contributed by atoms with Gasteiger partial charge in [-0.3, -0.25) is 14.5 Å². The summed E-state index contributed by atoms with van der Waals surface area (Å²) in [7, 11) is 1.25. The molecule has 0 unspecified atom stereocenters. The molecule has 3 rings (SSSR count). The van der Waals surface area contributed by atoms with Gasteiger partial charge in [-0.05, 0) is 42.5 Å². The number of nitrogens with zero attached hydrogens (tertiary/aromatic N) is 1. The maximum atomic E-state index is 12.5. The number of furan rings is 1. The molecule has 1 aliphatic rings. The molecule has 7 heteroatoms. The van der Waals surface area contributed by atoms with Crippen LogP contribution in [0.5, 0.6) is 0 Å². The quantitative estimate of drug-likeness (QED) is 0.614. The van der Waals surface area contributed by atoms with Gasteiger partial charge >= 0.3 is 5.97 Å². The molecule has 0 bridgehead atoms. The maximum absolute atomic E-state index is 12.5. The number of benzene rings is 1. The second-order valence-electron chi connectivity index (χ2n) is 5.44. The van der Waals surface area contributed by atoms with E-state index >= 15 is 0 Å². The SMILES string of the molecule is COC(=O)c1ccc(CN2C(=O)S/C(=C/c3cccc(C)c3)C2=O)o1. The number of ether oxygens (including phenoxy) is 1. The van der Waals surface area contributed by atoms with Gasteiger partial charge in [0.25, 0.3) is 11.1 Å². The van der Waals surface area contributed by atoms with Crippen molar-refractivity contribution in [1.29, 1.82) is 0 Å². The van der Waals surface area contributed by atoms with E-state index in [1.54, 1.807) is 12.1 Å². The molecule has 2 aromatic rings. The van der Waals surface area contributed by atoms with Crippen LogP contribution in [0.25, 0.3) is 6.08 Å². The van der Waals surface area contributed by atoms with Gasteiger partial charge in [0.05, 0.1) is 18.6 Å². The number of carbonyl (C=O) groups excluding carboxylic acids is 3. The second-order valence-corrected chi connectivity index (χ2v) is 6.43. The lowest BCUT2D eigenvalue weighted by atomic mass is 10.1. The fourth-order valence-corrected chi connectivity index (χ4v) is 3.21. The highest BCUT2D eigenvalue weighted by atomic mass is 32.2. The molecule has 0 spiro atoms. The number of thioether (sulfide) groups is 1. The summed E-state index contributed by atoms with van der Waals surface area (Å²) in [6, 6.07) is 10.6. The van der Waals surface area contributed by atoms with Gasteiger partial charge in [-0.2, -0.15) is 0 Å². The van der Waals surface area contributed by atoms with E-state index in [-0.39, 0.29) is 23.5 Å². The number of carbonyl (C=O) groups is 3. The normalized spacial score (nSPS) is 15.9. The number of hydrogen-bond acceptors (Lipinski definition) is 6. The number of rotatable bonds is 4. The lowest BCUT2D eigenvalue weighted by Gasteiger charge is -2.09. The van der Waals surface area contributed by atoms with E-state index < -0.39 is 5.97 Å². The zero-order valence-electron chi connectivity index (χ0n) is 13.6. The second kappa shape index (κ2) is 6.98. The molecule has 0 N–H and O–H groups in total. The third kappa shape index (κ3) is 3.66. The van der Waals surface area contributed by atoms with E-state index in [9.17, 15) is 14.4 Å². The molecule has 1 saturated heterocycles. The van der Waals surface area contributed by atoms with E-state index in [0.29, 0.717) is 10.7 Å². The highest BCUT2D eigenvalue weighted by molar-refractivity contribution is 8.18. The Labute approximate surface area is 148 Å². The Bertz CT molecular complexity index is 883. The number of imide groups is 1. The Balaban J connectivity index is 1.77. The van der Waals surface area contributed by atoms with Crippen molar-refractivity contribution >= 4 is 35.0 Å². The third-order valence-electron chi connectivity index (χ3n) is 3.58. The Morgan fingerprint density at radius 2 is 2.08 bits per heavy atom. The molecule has 0 saturated carbocycles. The molecule has 0 atom stereocenters. The van der Waals surface area contributed by atoms with Crippen molar-refractivity contribution in [2.45, 2.75) is 13.5 Å². The predicted molar refractivity (Wildman–Crippen MR) is 92.7 cm³/mol. The van der Waals surface area contributed by atoms with Crippen LogP contribution in [0, 0.1) is 6.92 Å². The van der Waals surface area contributed by atoms with Crippen molar-refractivity contribution < 1.29 is 23.5 Å². The monoisotopic (exact) mass is 357 g/mol. The lowest BCUT2D eigenvalue weighted by molar-refractivity contribution is -0.123. The van der Waals surface area contributed by atoms with Crippen molar-refractivity contribution in [2.75, 3.05) is 7.11 Å². The Morgan fingerprint density at radius 3 is 2.80 bits per heavy atom. The standard InChI is InChI=1S/C18H15NO5S/c1-11-4-3-5-12(8-11)9-15-16(20)19(18(22)25-15)10-13-6-7-14(24-13)17(21)23-2/h3-9H,10H2,1-2H3/b15-9+. The minimum Gasteiger partial charge on any atom is -0.463 e. The molecule has 0 aliphatic carbocycles. The van der Waals surface area contributed by atoms with Gasteiger partial charge in [-0.1, -0.05) is 29.8 Å². The Kier molecular flexibility index (Phi) is 4.76. The number of hydrogen-bond donors (Lipinski definition) is 0. The predicted octanol–water partition coefficient (Wildman–Crippen LogP) is 3.61. The summed E-state index contributed by atoms with van der Waals surface area (Å²) in [6.45, 7) is 1.92. The largest absolute Gasteiger partial charge is 0.463 e. The van der Waals surface area contributed by atoms with Gasteiger partial charge < -0.3 is 9.15 Å². The average Bonchev–Trinajstić information content (AvgIpc) is 3.15. The van der Waals surface area contributed by atoms with E-state index in [2.05, 4.69) is 4.74 Å². The molecule has 1 fully saturated rings. The molecule has 25 heavy (non-hydrogen) atoms. The van der Waals surface area contributed by atoms with Crippen LogP contribution in [-0.2, 0) is 16.1 Å². The molecule has 6 nitrogen and oxygen atoms in total. The molecule has 1 aromatic carbocycles. The van der Waals surface area contributed by atoms with Crippen molar-refractivity contribution in [3.05, 3.63) is 64.0 Å². The lowest BCUT2D eigenvalue weighted by Crippen LogP contribution is -2.27. The molecule has 128 valence electrons. The van der Waals surface area contributed by atoms with E-state index in [1.165, 1.54) is 13.2 Å². The molecule has 0 radical (unpaired) electrons. The number of amides is 2. The first kappa shape index (κ1) is 17.0. The summed E-state index contributed by atoms with van der Waals surface area (Å²) in [6.07, 6.45) is 1.69. The van der Waals surface area contributed by atoms with Crippen molar-refractivity contribution in [3.63, 3.8) is 0 Å². The third-order valence-corrected chi connectivity index (χ3v) is 4.48. The first-order valence-electron chi connectivity index (χ1n) is 7.47. The topological polar surface area (TPSA) is 76.8 Å². The summed E-state index contributed by atoms with van der Waals surface area (Å²) in [4.78, 5) is 37.5. The summed E-state index contributed by atoms with van der Waals surface area (Å²) < 4.78 is 9.88. The Hall–Kier alpha value is -2.80. The van der Waals surface area contributed by atoms with Crippen LogP contribution in [0.2, 0.25) is 0 Å². The highest BCUT2D eigenvalue weighted by Crippen LogP contribution is 2.33. The van der Waals surface area contributed by atoms with Gasteiger partial charge in [0, 0.05) is 0 Å². The van der Waals surface area contributed by atoms with Gasteiger partial charge in [0.1, 0.15) is 5.76 Å². The zero-order chi connectivity index (χ0) is 18.0. The smallest absolute Gasteiger partial charge is 0.373 e. The van der Waals surface area contributed by atoms with Crippen molar-refractivity contribution in [1.82, 2.24) is 4.90 Å². The molecule has 1 aromatic heterocycles. The Morgan fingerprint density at radius 1 is 1.28 bits per heavy atom. The highest BCUT2D eigenvalue weighted by Gasteiger charge is 2.35. The van der Waals surface area contributed by atoms with Crippen LogP contribution in [0.3, 0.4) is 0 Å². The van der Waals surface area contributed by atoms with Crippen LogP contribution in [0.1, 0.15) is 27.4 Å². The number of aryl methyl sites for hydroxylation is 1. The molecular weight excluding hydrogens is 342 g/mol. The zero-order valence-corrected chi connectivity index (χ0v) is 14.5. The minimum absolute atomic E-state index is 0.0276. The van der Waals surface area contributed by atoms with E-state index in [4.69, 9.17) is 4.42 Å². The summed E-state index contributed by atoms with van der Waals surface area (Å²) in [5.74, 6) is -0.633. The van der Waals surface area contributed by atoms with Crippen molar-refractivity contribution in [3.8, 4) is 0 Å². The van der Waals surface area contributed by atoms with E-state index in [0.717, 1.165) is 27.8 Å². The fourth-order valence-electron chi connectivity index (χ4n) is 2.38. The minimum atomic E-state index is -0.611. The van der Waals surface area contributed by atoms with Gasteiger partial charge in [-0.25, -0.2) is 4.79 Å². The fraction of sp³-hybridized carbons (Fsp3) is 0.167. The average molecular weight is 357 g/mol. The number of esters is 1. The van der Waals surface area contributed by atoms with Gasteiger partial charge in [-0.15, -0.1) is 0 Å². The summed E-state index contributed by atoms with van der Waals surface area (Å²) >= 11 is 0.885. The van der Waals surface area contributed by atoms with Crippen LogP contribution >= 0.6 is 11.8 Å². The molecule has 1 aliphatic heterocycles. The van der Waals surface area contributed by atoms with Crippen LogP contribution in [0.4, 0.5) is 4.79 Å².